The maximum absolute atomic E-state index is 6.29. The minimum atomic E-state index is -1.75. The van der Waals surface area contributed by atoms with E-state index in [1.807, 2.05) is 4.57 Å². The molecule has 2 N–H and O–H groups in total. The van der Waals surface area contributed by atoms with Gasteiger partial charge in [-0.25, -0.2) is 15.0 Å². The highest BCUT2D eigenvalue weighted by atomic mass is 28.4. The average molecular weight is 350 g/mol. The molecule has 7 nitrogen and oxygen atoms in total. The number of ether oxygens (including phenoxy) is 1. The van der Waals surface area contributed by atoms with Gasteiger partial charge in [-0.1, -0.05) is 20.8 Å². The molecule has 2 aromatic rings. The molecule has 1 saturated heterocycles. The van der Waals surface area contributed by atoms with Crippen LogP contribution in [0, 0.1) is 0 Å². The van der Waals surface area contributed by atoms with Crippen molar-refractivity contribution in [3.63, 3.8) is 0 Å². The maximum atomic E-state index is 6.29. The van der Waals surface area contributed by atoms with Crippen molar-refractivity contribution in [1.29, 1.82) is 0 Å². The summed E-state index contributed by atoms with van der Waals surface area (Å²) < 4.78 is 14.4. The predicted octanol–water partition coefficient (Wildman–Crippen LogP) is 3.11. The summed E-state index contributed by atoms with van der Waals surface area (Å²) in [7, 11) is -1.75. The van der Waals surface area contributed by atoms with E-state index in [0.29, 0.717) is 17.9 Å². The Morgan fingerprint density at radius 1 is 1.29 bits per heavy atom. The van der Waals surface area contributed by atoms with Crippen LogP contribution in [0.3, 0.4) is 0 Å². The fourth-order valence-corrected chi connectivity index (χ4v) is 3.65. The minimum absolute atomic E-state index is 0.0719. The SMILES string of the molecule is CC(C)(C)[Si](C)(C)OC[C@H]1CC[C@@H](n2cnc3c(N)ncnc32)O1. The van der Waals surface area contributed by atoms with E-state index in [9.17, 15) is 0 Å². The highest BCUT2D eigenvalue weighted by molar-refractivity contribution is 6.74. The van der Waals surface area contributed by atoms with Crippen LogP contribution < -0.4 is 5.73 Å². The number of anilines is 1. The third-order valence-electron chi connectivity index (χ3n) is 5.22. The van der Waals surface area contributed by atoms with Gasteiger partial charge < -0.3 is 14.9 Å². The number of imidazole rings is 1. The van der Waals surface area contributed by atoms with E-state index < -0.39 is 8.32 Å². The first-order valence-electron chi connectivity index (χ1n) is 8.41. The Labute approximate surface area is 143 Å². The number of aromatic nitrogens is 4. The first-order valence-corrected chi connectivity index (χ1v) is 11.3. The lowest BCUT2D eigenvalue weighted by molar-refractivity contribution is -0.0182. The van der Waals surface area contributed by atoms with Crippen LogP contribution >= 0.6 is 0 Å². The minimum Gasteiger partial charge on any atom is -0.414 e. The average Bonchev–Trinajstić information content (AvgIpc) is 3.10. The Kier molecular flexibility index (Phi) is 4.39. The van der Waals surface area contributed by atoms with E-state index in [-0.39, 0.29) is 17.4 Å². The van der Waals surface area contributed by atoms with Crippen LogP contribution in [0.5, 0.6) is 0 Å². The van der Waals surface area contributed by atoms with Crippen LogP contribution in [0.4, 0.5) is 5.82 Å². The molecule has 0 aromatic carbocycles. The lowest BCUT2D eigenvalue weighted by Crippen LogP contribution is -2.42. The van der Waals surface area contributed by atoms with Gasteiger partial charge in [0.2, 0.25) is 0 Å². The Morgan fingerprint density at radius 2 is 2.04 bits per heavy atom. The lowest BCUT2D eigenvalue weighted by atomic mass is 10.2. The Hall–Kier alpha value is -1.51. The summed E-state index contributed by atoms with van der Waals surface area (Å²) in [6, 6.07) is 0. The molecular weight excluding hydrogens is 322 g/mol. The molecule has 2 aromatic heterocycles. The van der Waals surface area contributed by atoms with Gasteiger partial charge in [-0.2, -0.15) is 0 Å². The van der Waals surface area contributed by atoms with Gasteiger partial charge in [0.05, 0.1) is 19.0 Å². The number of nitrogens with two attached hydrogens (primary N) is 1. The molecule has 2 atom stereocenters. The molecule has 132 valence electrons. The van der Waals surface area contributed by atoms with Crippen LogP contribution in [0.25, 0.3) is 11.2 Å². The van der Waals surface area contributed by atoms with E-state index >= 15 is 0 Å². The lowest BCUT2D eigenvalue weighted by Gasteiger charge is -2.36. The number of nitrogen functional groups attached to an aromatic ring is 1. The van der Waals surface area contributed by atoms with E-state index in [1.165, 1.54) is 6.33 Å². The molecule has 0 spiro atoms. The summed E-state index contributed by atoms with van der Waals surface area (Å²) in [5.41, 5.74) is 7.20. The normalized spacial score (nSPS) is 22.4. The molecule has 1 aliphatic heterocycles. The second-order valence-corrected chi connectivity index (χ2v) is 12.8. The number of rotatable bonds is 4. The third-order valence-corrected chi connectivity index (χ3v) is 9.72. The third kappa shape index (κ3) is 3.18. The fraction of sp³-hybridized carbons (Fsp3) is 0.688. The van der Waals surface area contributed by atoms with Gasteiger partial charge in [0, 0.05) is 0 Å². The van der Waals surface area contributed by atoms with Gasteiger partial charge in [-0.05, 0) is 31.0 Å². The van der Waals surface area contributed by atoms with Gasteiger partial charge in [0.1, 0.15) is 18.1 Å². The number of nitrogens with zero attached hydrogens (tertiary/aromatic N) is 4. The molecule has 0 aliphatic carbocycles. The van der Waals surface area contributed by atoms with Crippen LogP contribution in [0.15, 0.2) is 12.7 Å². The first kappa shape index (κ1) is 17.3. The zero-order valence-electron chi connectivity index (χ0n) is 15.1. The molecule has 8 heteroatoms. The summed E-state index contributed by atoms with van der Waals surface area (Å²) >= 11 is 0. The maximum Gasteiger partial charge on any atom is 0.192 e. The molecule has 0 saturated carbocycles. The number of fused-ring (bicyclic) bond motifs is 1. The van der Waals surface area contributed by atoms with E-state index in [1.54, 1.807) is 6.33 Å². The molecular formula is C16H27N5O2Si. The molecule has 1 aliphatic rings. The van der Waals surface area contributed by atoms with Crippen molar-refractivity contribution in [3.8, 4) is 0 Å². The molecule has 3 rings (SSSR count). The molecule has 0 unspecified atom stereocenters. The summed E-state index contributed by atoms with van der Waals surface area (Å²) in [5, 5.41) is 0.208. The van der Waals surface area contributed by atoms with E-state index in [2.05, 4.69) is 48.8 Å². The van der Waals surface area contributed by atoms with Gasteiger partial charge in [-0.3, -0.25) is 4.57 Å². The second kappa shape index (κ2) is 6.09. The predicted molar refractivity (Wildman–Crippen MR) is 96.0 cm³/mol. The van der Waals surface area contributed by atoms with Crippen molar-refractivity contribution in [3.05, 3.63) is 12.7 Å². The Morgan fingerprint density at radius 3 is 2.75 bits per heavy atom. The zero-order chi connectivity index (χ0) is 17.5. The smallest absolute Gasteiger partial charge is 0.192 e. The highest BCUT2D eigenvalue weighted by Crippen LogP contribution is 2.38. The zero-order valence-corrected chi connectivity index (χ0v) is 16.1. The van der Waals surface area contributed by atoms with Crippen LogP contribution in [0.1, 0.15) is 39.8 Å². The van der Waals surface area contributed by atoms with Crippen molar-refractivity contribution >= 4 is 25.3 Å². The summed E-state index contributed by atoms with van der Waals surface area (Å²) in [6.45, 7) is 11.9. The molecule has 24 heavy (non-hydrogen) atoms. The van der Waals surface area contributed by atoms with Crippen molar-refractivity contribution in [2.45, 2.75) is 64.1 Å². The molecule has 3 heterocycles. The molecule has 0 radical (unpaired) electrons. The monoisotopic (exact) mass is 349 g/mol. The van der Waals surface area contributed by atoms with Crippen molar-refractivity contribution < 1.29 is 9.16 Å². The molecule has 1 fully saturated rings. The van der Waals surface area contributed by atoms with Gasteiger partial charge >= 0.3 is 0 Å². The summed E-state index contributed by atoms with van der Waals surface area (Å²) in [6.07, 6.45) is 5.12. The highest BCUT2D eigenvalue weighted by Gasteiger charge is 2.38. The quantitative estimate of drug-likeness (QED) is 0.853. The number of hydrogen-bond acceptors (Lipinski definition) is 6. The molecule has 0 bridgehead atoms. The van der Waals surface area contributed by atoms with E-state index in [0.717, 1.165) is 18.5 Å². The second-order valence-electron chi connectivity index (χ2n) is 7.94. The van der Waals surface area contributed by atoms with Crippen LogP contribution in [0.2, 0.25) is 18.1 Å². The van der Waals surface area contributed by atoms with Gasteiger partial charge in [-0.15, -0.1) is 0 Å². The van der Waals surface area contributed by atoms with Crippen molar-refractivity contribution in [2.24, 2.45) is 0 Å². The Balaban J connectivity index is 1.66. The molecule has 0 amide bonds. The largest absolute Gasteiger partial charge is 0.414 e. The van der Waals surface area contributed by atoms with E-state index in [4.69, 9.17) is 14.9 Å². The van der Waals surface area contributed by atoms with Crippen LogP contribution in [-0.2, 0) is 9.16 Å². The first-order chi connectivity index (χ1) is 11.2. The van der Waals surface area contributed by atoms with Crippen LogP contribution in [-0.4, -0.2) is 40.5 Å². The Bertz CT molecular complexity index is 725. The fourth-order valence-electron chi connectivity index (χ4n) is 2.61. The van der Waals surface area contributed by atoms with Crippen molar-refractivity contribution in [1.82, 2.24) is 19.5 Å². The summed E-state index contributed by atoms with van der Waals surface area (Å²) in [5.74, 6) is 0.398. The van der Waals surface area contributed by atoms with Crippen molar-refractivity contribution in [2.75, 3.05) is 12.3 Å². The standard InChI is InChI=1S/C16H27N5O2Si/c1-16(2,3)24(4,5)22-8-11-6-7-12(23-11)21-10-20-13-14(17)18-9-19-15(13)21/h9-12H,6-8H2,1-5H3,(H2,17,18,19)/t11-,12+/m1/s1. The number of hydrogen-bond donors (Lipinski definition) is 1. The topological polar surface area (TPSA) is 88.1 Å². The van der Waals surface area contributed by atoms with Gasteiger partial charge in [0.15, 0.2) is 19.8 Å². The summed E-state index contributed by atoms with van der Waals surface area (Å²) in [4.78, 5) is 12.6. The van der Waals surface area contributed by atoms with Gasteiger partial charge in [0.25, 0.3) is 0 Å².